The Kier molecular flexibility index (Phi) is 2.82. The minimum Gasteiger partial charge on any atom is -0.453 e. The molecule has 0 saturated heterocycles. The lowest BCUT2D eigenvalue weighted by Crippen LogP contribution is -1.80. The number of unbranched alkanes of at least 4 members (excludes halogenated alkanes) is 1. The fourth-order valence-electron chi connectivity index (χ4n) is 0.866. The topological polar surface area (TPSA) is 13.1 Å². The van der Waals surface area contributed by atoms with Gasteiger partial charge in [0.1, 0.15) is 0 Å². The maximum absolute atomic E-state index is 5.71. The highest BCUT2D eigenvalue weighted by molar-refractivity contribution is 6.29. The zero-order valence-electron chi connectivity index (χ0n) is 6.06. The van der Waals surface area contributed by atoms with Crippen LogP contribution in [-0.4, -0.2) is 0 Å². The molecule has 1 aromatic heterocycles. The molecule has 0 aliphatic rings. The molecule has 0 unspecified atom stereocenters. The van der Waals surface area contributed by atoms with Gasteiger partial charge in [-0.1, -0.05) is 13.3 Å². The van der Waals surface area contributed by atoms with Gasteiger partial charge in [-0.2, -0.15) is 0 Å². The van der Waals surface area contributed by atoms with Crippen LogP contribution >= 0.6 is 11.6 Å². The van der Waals surface area contributed by atoms with Crippen LogP contribution in [0.2, 0.25) is 5.22 Å². The number of aryl methyl sites for hydroxylation is 1. The second kappa shape index (κ2) is 3.67. The average molecular weight is 159 g/mol. The van der Waals surface area contributed by atoms with Crippen LogP contribution in [0.25, 0.3) is 0 Å². The van der Waals surface area contributed by atoms with Gasteiger partial charge in [0.25, 0.3) is 0 Å². The summed E-state index contributed by atoms with van der Waals surface area (Å²) >= 11 is 5.71. The summed E-state index contributed by atoms with van der Waals surface area (Å²) in [5.41, 5.74) is 1.13. The maximum Gasteiger partial charge on any atom is 0.196 e. The first-order valence-corrected chi connectivity index (χ1v) is 3.94. The smallest absolute Gasteiger partial charge is 0.196 e. The minimum absolute atomic E-state index is 0.549. The SMILES string of the molecule is CCCCc1ccoc1Cl. The molecule has 0 radical (unpaired) electrons. The van der Waals surface area contributed by atoms with E-state index in [-0.39, 0.29) is 0 Å². The molecular formula is C8H11ClO. The number of hydrogen-bond donors (Lipinski definition) is 0. The summed E-state index contributed by atoms with van der Waals surface area (Å²) in [7, 11) is 0. The molecular weight excluding hydrogens is 148 g/mol. The third-order valence-electron chi connectivity index (χ3n) is 1.49. The maximum atomic E-state index is 5.71. The number of furan rings is 1. The normalized spacial score (nSPS) is 10.2. The van der Waals surface area contributed by atoms with Gasteiger partial charge in [0.2, 0.25) is 0 Å². The standard InChI is InChI=1S/C8H11ClO/c1-2-3-4-7-5-6-10-8(7)9/h5-6H,2-4H2,1H3. The van der Waals surface area contributed by atoms with Gasteiger partial charge in [-0.3, -0.25) is 0 Å². The van der Waals surface area contributed by atoms with Crippen molar-refractivity contribution in [3.05, 3.63) is 23.1 Å². The summed E-state index contributed by atoms with van der Waals surface area (Å²) in [5.74, 6) is 0. The highest BCUT2D eigenvalue weighted by atomic mass is 35.5. The van der Waals surface area contributed by atoms with Gasteiger partial charge in [-0.25, -0.2) is 0 Å². The molecule has 0 spiro atoms. The average Bonchev–Trinajstić information content (AvgIpc) is 2.31. The molecule has 0 saturated carbocycles. The van der Waals surface area contributed by atoms with Crippen LogP contribution < -0.4 is 0 Å². The van der Waals surface area contributed by atoms with Crippen molar-refractivity contribution < 1.29 is 4.42 Å². The molecule has 0 atom stereocenters. The predicted molar refractivity (Wildman–Crippen MR) is 42.3 cm³/mol. The van der Waals surface area contributed by atoms with E-state index in [1.54, 1.807) is 6.26 Å². The molecule has 0 bridgehead atoms. The Bertz CT molecular complexity index is 193. The molecule has 1 nitrogen and oxygen atoms in total. The molecule has 1 aromatic rings. The molecule has 2 heteroatoms. The van der Waals surface area contributed by atoms with E-state index in [2.05, 4.69) is 6.92 Å². The van der Waals surface area contributed by atoms with Crippen LogP contribution in [0.4, 0.5) is 0 Å². The van der Waals surface area contributed by atoms with Crippen molar-refractivity contribution in [1.82, 2.24) is 0 Å². The van der Waals surface area contributed by atoms with Gasteiger partial charge in [0.05, 0.1) is 6.26 Å². The van der Waals surface area contributed by atoms with Gasteiger partial charge < -0.3 is 4.42 Å². The quantitative estimate of drug-likeness (QED) is 0.658. The van der Waals surface area contributed by atoms with Gasteiger partial charge in [-0.05, 0) is 30.5 Å². The van der Waals surface area contributed by atoms with Crippen molar-refractivity contribution in [2.24, 2.45) is 0 Å². The largest absolute Gasteiger partial charge is 0.453 e. The van der Waals surface area contributed by atoms with Gasteiger partial charge >= 0.3 is 0 Å². The summed E-state index contributed by atoms with van der Waals surface area (Å²) < 4.78 is 4.93. The number of halogens is 1. The van der Waals surface area contributed by atoms with Crippen LogP contribution in [0.3, 0.4) is 0 Å². The fourth-order valence-corrected chi connectivity index (χ4v) is 1.07. The number of rotatable bonds is 3. The molecule has 0 aromatic carbocycles. The Morgan fingerprint density at radius 3 is 2.90 bits per heavy atom. The summed E-state index contributed by atoms with van der Waals surface area (Å²) in [5, 5.41) is 0.549. The summed E-state index contributed by atoms with van der Waals surface area (Å²) in [6.45, 7) is 2.16. The predicted octanol–water partition coefficient (Wildman–Crippen LogP) is 3.28. The van der Waals surface area contributed by atoms with E-state index in [1.807, 2.05) is 6.07 Å². The Balaban J connectivity index is 2.49. The van der Waals surface area contributed by atoms with Crippen molar-refractivity contribution in [2.75, 3.05) is 0 Å². The lowest BCUT2D eigenvalue weighted by Gasteiger charge is -1.92. The third-order valence-corrected chi connectivity index (χ3v) is 1.82. The van der Waals surface area contributed by atoms with E-state index in [4.69, 9.17) is 16.0 Å². The highest BCUT2D eigenvalue weighted by Gasteiger charge is 2.00. The third kappa shape index (κ3) is 1.77. The number of hydrogen-bond acceptors (Lipinski definition) is 1. The first-order valence-electron chi connectivity index (χ1n) is 3.56. The van der Waals surface area contributed by atoms with Crippen LogP contribution in [0.1, 0.15) is 25.3 Å². The van der Waals surface area contributed by atoms with Gasteiger partial charge in [0, 0.05) is 5.56 Å². The van der Waals surface area contributed by atoms with E-state index in [0.29, 0.717) is 5.22 Å². The Morgan fingerprint density at radius 2 is 2.40 bits per heavy atom. The summed E-state index contributed by atoms with van der Waals surface area (Å²) in [6.07, 6.45) is 5.04. The van der Waals surface area contributed by atoms with E-state index in [1.165, 1.54) is 12.8 Å². The van der Waals surface area contributed by atoms with Crippen molar-refractivity contribution in [2.45, 2.75) is 26.2 Å². The van der Waals surface area contributed by atoms with Crippen LogP contribution in [0, 0.1) is 0 Å². The molecule has 0 aliphatic heterocycles. The van der Waals surface area contributed by atoms with E-state index in [0.717, 1.165) is 12.0 Å². The molecule has 56 valence electrons. The monoisotopic (exact) mass is 158 g/mol. The second-order valence-electron chi connectivity index (χ2n) is 2.32. The zero-order valence-corrected chi connectivity index (χ0v) is 6.82. The first kappa shape index (κ1) is 7.67. The minimum atomic E-state index is 0.549. The van der Waals surface area contributed by atoms with E-state index in [9.17, 15) is 0 Å². The summed E-state index contributed by atoms with van der Waals surface area (Å²) in [4.78, 5) is 0. The van der Waals surface area contributed by atoms with E-state index < -0.39 is 0 Å². The second-order valence-corrected chi connectivity index (χ2v) is 2.67. The van der Waals surface area contributed by atoms with Crippen molar-refractivity contribution in [3.63, 3.8) is 0 Å². The lowest BCUT2D eigenvalue weighted by atomic mass is 10.2. The van der Waals surface area contributed by atoms with E-state index >= 15 is 0 Å². The van der Waals surface area contributed by atoms with Gasteiger partial charge in [-0.15, -0.1) is 0 Å². The van der Waals surface area contributed by atoms with Crippen LogP contribution in [0.15, 0.2) is 16.7 Å². The molecule has 10 heavy (non-hydrogen) atoms. The molecule has 0 aliphatic carbocycles. The van der Waals surface area contributed by atoms with Crippen LogP contribution in [0.5, 0.6) is 0 Å². The van der Waals surface area contributed by atoms with Gasteiger partial charge in [0.15, 0.2) is 5.22 Å². The summed E-state index contributed by atoms with van der Waals surface area (Å²) in [6, 6.07) is 1.93. The first-order chi connectivity index (χ1) is 4.84. The molecule has 1 heterocycles. The molecule has 1 rings (SSSR count). The Labute approximate surface area is 66.0 Å². The lowest BCUT2D eigenvalue weighted by molar-refractivity contribution is 0.565. The van der Waals surface area contributed by atoms with Crippen molar-refractivity contribution in [3.8, 4) is 0 Å². The highest BCUT2D eigenvalue weighted by Crippen LogP contribution is 2.18. The zero-order chi connectivity index (χ0) is 7.40. The van der Waals surface area contributed by atoms with Crippen molar-refractivity contribution >= 4 is 11.6 Å². The molecule has 0 N–H and O–H groups in total. The molecule has 0 amide bonds. The molecule has 0 fully saturated rings. The van der Waals surface area contributed by atoms with Crippen LogP contribution in [-0.2, 0) is 6.42 Å². The Hall–Kier alpha value is -0.430. The Morgan fingerprint density at radius 1 is 1.60 bits per heavy atom. The fraction of sp³-hybridized carbons (Fsp3) is 0.500. The van der Waals surface area contributed by atoms with Crippen molar-refractivity contribution in [1.29, 1.82) is 0 Å².